The molecule has 1 aliphatic heterocycles. The van der Waals surface area contributed by atoms with Crippen LogP contribution in [0.25, 0.3) is 11.0 Å². The molecule has 1 aliphatic carbocycles. The van der Waals surface area contributed by atoms with E-state index in [2.05, 4.69) is 15.3 Å². The van der Waals surface area contributed by atoms with Crippen molar-refractivity contribution in [3.05, 3.63) is 29.6 Å². The average molecular weight is 357 g/mol. The van der Waals surface area contributed by atoms with Crippen LogP contribution in [0.3, 0.4) is 0 Å². The van der Waals surface area contributed by atoms with Gasteiger partial charge in [0.15, 0.2) is 0 Å². The first-order valence-electron chi connectivity index (χ1n) is 9.61. The fourth-order valence-electron chi connectivity index (χ4n) is 3.71. The standard InChI is InChI=1S/C20H27N3O3/c1-13-21-16-6-5-15(9-17(16)22-13)10-20(24)23-18-12-25-8-7-19(18)26-11-14-3-2-4-14/h5-6,9,14,18-19H,2-4,7-8,10-12H2,1H3,(H,21,22)(H,23,24)/t18-,19+/m1/s1. The highest BCUT2D eigenvalue weighted by molar-refractivity contribution is 5.82. The zero-order chi connectivity index (χ0) is 17.9. The second kappa shape index (κ2) is 7.76. The topological polar surface area (TPSA) is 76.2 Å². The summed E-state index contributed by atoms with van der Waals surface area (Å²) in [5, 5.41) is 3.12. The Labute approximate surface area is 153 Å². The minimum absolute atomic E-state index is 0.00771. The number of aryl methyl sites for hydroxylation is 1. The van der Waals surface area contributed by atoms with Crippen molar-refractivity contribution in [2.75, 3.05) is 19.8 Å². The molecule has 1 aromatic carbocycles. The fraction of sp³-hybridized carbons (Fsp3) is 0.600. The smallest absolute Gasteiger partial charge is 0.224 e. The monoisotopic (exact) mass is 357 g/mol. The molecule has 6 heteroatoms. The Hall–Kier alpha value is -1.92. The highest BCUT2D eigenvalue weighted by Gasteiger charge is 2.29. The molecule has 140 valence electrons. The summed E-state index contributed by atoms with van der Waals surface area (Å²) in [6, 6.07) is 5.85. The van der Waals surface area contributed by atoms with Crippen molar-refractivity contribution in [2.24, 2.45) is 5.92 Å². The summed E-state index contributed by atoms with van der Waals surface area (Å²) in [6.07, 6.45) is 5.12. The van der Waals surface area contributed by atoms with Gasteiger partial charge in [-0.2, -0.15) is 0 Å². The lowest BCUT2D eigenvalue weighted by Crippen LogP contribution is -2.51. The average Bonchev–Trinajstić information content (AvgIpc) is 2.94. The van der Waals surface area contributed by atoms with Gasteiger partial charge >= 0.3 is 0 Å². The van der Waals surface area contributed by atoms with E-state index in [1.165, 1.54) is 19.3 Å². The molecule has 2 N–H and O–H groups in total. The molecule has 4 rings (SSSR count). The predicted octanol–water partition coefficient (Wildman–Crippen LogP) is 2.50. The summed E-state index contributed by atoms with van der Waals surface area (Å²) in [5.41, 5.74) is 2.87. The summed E-state index contributed by atoms with van der Waals surface area (Å²) >= 11 is 0. The summed E-state index contributed by atoms with van der Waals surface area (Å²) < 4.78 is 11.7. The number of amides is 1. The van der Waals surface area contributed by atoms with E-state index >= 15 is 0 Å². The number of rotatable bonds is 6. The molecule has 2 aromatic rings. The van der Waals surface area contributed by atoms with E-state index in [9.17, 15) is 4.79 Å². The molecule has 1 saturated heterocycles. The molecule has 0 spiro atoms. The lowest BCUT2D eigenvalue weighted by molar-refractivity contribution is -0.126. The predicted molar refractivity (Wildman–Crippen MR) is 99.0 cm³/mol. The molecule has 6 nitrogen and oxygen atoms in total. The number of aromatic amines is 1. The van der Waals surface area contributed by atoms with Crippen LogP contribution in [-0.2, 0) is 20.7 Å². The van der Waals surface area contributed by atoms with Crippen LogP contribution in [0.1, 0.15) is 37.1 Å². The summed E-state index contributed by atoms with van der Waals surface area (Å²) in [5.74, 6) is 1.60. The fourth-order valence-corrected chi connectivity index (χ4v) is 3.71. The molecule has 1 amide bonds. The maximum absolute atomic E-state index is 12.5. The third kappa shape index (κ3) is 4.07. The Kier molecular flexibility index (Phi) is 5.22. The molecule has 2 fully saturated rings. The van der Waals surface area contributed by atoms with Crippen LogP contribution in [0, 0.1) is 12.8 Å². The van der Waals surface area contributed by atoms with Gasteiger partial charge in [0, 0.05) is 13.2 Å². The zero-order valence-corrected chi connectivity index (χ0v) is 15.3. The summed E-state index contributed by atoms with van der Waals surface area (Å²) in [7, 11) is 0. The number of ether oxygens (including phenoxy) is 2. The van der Waals surface area contributed by atoms with Crippen molar-refractivity contribution in [1.82, 2.24) is 15.3 Å². The van der Waals surface area contributed by atoms with E-state index in [4.69, 9.17) is 9.47 Å². The second-order valence-electron chi connectivity index (χ2n) is 7.56. The van der Waals surface area contributed by atoms with Crippen molar-refractivity contribution in [3.63, 3.8) is 0 Å². The van der Waals surface area contributed by atoms with Crippen molar-refractivity contribution < 1.29 is 14.3 Å². The molecule has 1 aromatic heterocycles. The van der Waals surface area contributed by atoms with E-state index in [1.54, 1.807) is 0 Å². The van der Waals surface area contributed by atoms with Gasteiger partial charge in [-0.05, 0) is 49.8 Å². The second-order valence-corrected chi connectivity index (χ2v) is 7.56. The molecule has 1 saturated carbocycles. The Bertz CT molecular complexity index is 769. The maximum Gasteiger partial charge on any atom is 0.224 e. The number of nitrogens with zero attached hydrogens (tertiary/aromatic N) is 1. The van der Waals surface area contributed by atoms with Gasteiger partial charge in [-0.3, -0.25) is 4.79 Å². The number of nitrogens with one attached hydrogen (secondary N) is 2. The Morgan fingerprint density at radius 1 is 1.38 bits per heavy atom. The van der Waals surface area contributed by atoms with Gasteiger partial charge in [0.25, 0.3) is 0 Å². The van der Waals surface area contributed by atoms with Gasteiger partial charge in [-0.15, -0.1) is 0 Å². The number of imidazole rings is 1. The quantitative estimate of drug-likeness (QED) is 0.833. The minimum atomic E-state index is -0.0607. The molecule has 0 radical (unpaired) electrons. The van der Waals surface area contributed by atoms with Gasteiger partial charge in [0.05, 0.1) is 36.2 Å². The molecule has 2 heterocycles. The largest absolute Gasteiger partial charge is 0.379 e. The zero-order valence-electron chi connectivity index (χ0n) is 15.3. The first-order valence-corrected chi connectivity index (χ1v) is 9.61. The van der Waals surface area contributed by atoms with Gasteiger partial charge < -0.3 is 19.8 Å². The highest BCUT2D eigenvalue weighted by atomic mass is 16.5. The van der Waals surface area contributed by atoms with E-state index < -0.39 is 0 Å². The lowest BCUT2D eigenvalue weighted by atomic mass is 9.86. The maximum atomic E-state index is 12.5. The van der Waals surface area contributed by atoms with Crippen LogP contribution in [0.15, 0.2) is 18.2 Å². The Balaban J connectivity index is 1.33. The number of benzene rings is 1. The minimum Gasteiger partial charge on any atom is -0.379 e. The van der Waals surface area contributed by atoms with Crippen molar-refractivity contribution in [2.45, 2.75) is 51.2 Å². The number of fused-ring (bicyclic) bond motifs is 1. The van der Waals surface area contributed by atoms with Gasteiger partial charge in [-0.25, -0.2) is 4.98 Å². The van der Waals surface area contributed by atoms with Crippen LogP contribution in [0.5, 0.6) is 0 Å². The number of carbonyl (C=O) groups excluding carboxylic acids is 1. The van der Waals surface area contributed by atoms with Crippen LogP contribution >= 0.6 is 0 Å². The number of aromatic nitrogens is 2. The number of H-pyrrole nitrogens is 1. The van der Waals surface area contributed by atoms with Crippen LogP contribution in [-0.4, -0.2) is 47.8 Å². The molecule has 2 atom stereocenters. The number of hydrogen-bond donors (Lipinski definition) is 2. The van der Waals surface area contributed by atoms with E-state index in [0.717, 1.165) is 35.4 Å². The van der Waals surface area contributed by atoms with E-state index in [1.807, 2.05) is 25.1 Å². The third-order valence-electron chi connectivity index (χ3n) is 5.44. The number of carbonyl (C=O) groups is 1. The van der Waals surface area contributed by atoms with Gasteiger partial charge in [-0.1, -0.05) is 12.5 Å². The van der Waals surface area contributed by atoms with Crippen molar-refractivity contribution >= 4 is 16.9 Å². The summed E-state index contributed by atoms with van der Waals surface area (Å²) in [4.78, 5) is 20.1. The first-order chi connectivity index (χ1) is 12.7. The van der Waals surface area contributed by atoms with Crippen molar-refractivity contribution in [1.29, 1.82) is 0 Å². The third-order valence-corrected chi connectivity index (χ3v) is 5.44. The summed E-state index contributed by atoms with van der Waals surface area (Å²) in [6.45, 7) is 3.98. The van der Waals surface area contributed by atoms with Gasteiger partial charge in [0.1, 0.15) is 5.82 Å². The Morgan fingerprint density at radius 2 is 2.27 bits per heavy atom. The highest BCUT2D eigenvalue weighted by Crippen LogP contribution is 2.27. The molecule has 0 bridgehead atoms. The van der Waals surface area contributed by atoms with Crippen LogP contribution in [0.4, 0.5) is 0 Å². The van der Waals surface area contributed by atoms with E-state index in [-0.39, 0.29) is 18.1 Å². The molecule has 26 heavy (non-hydrogen) atoms. The molecular weight excluding hydrogens is 330 g/mol. The normalized spacial score (nSPS) is 23.7. The first kappa shape index (κ1) is 17.5. The van der Waals surface area contributed by atoms with Gasteiger partial charge in [0.2, 0.25) is 5.91 Å². The van der Waals surface area contributed by atoms with Crippen LogP contribution in [0.2, 0.25) is 0 Å². The molecular formula is C20H27N3O3. The Morgan fingerprint density at radius 3 is 3.08 bits per heavy atom. The molecule has 0 unspecified atom stereocenters. The SMILES string of the molecule is Cc1nc2ccc(CC(=O)N[C@@H]3COCC[C@@H]3OCC3CCC3)cc2[nH]1. The lowest BCUT2D eigenvalue weighted by Gasteiger charge is -2.34. The van der Waals surface area contributed by atoms with E-state index in [0.29, 0.717) is 25.6 Å². The molecule has 2 aliphatic rings. The number of hydrogen-bond acceptors (Lipinski definition) is 4. The van der Waals surface area contributed by atoms with Crippen LogP contribution < -0.4 is 5.32 Å². The van der Waals surface area contributed by atoms with Crippen molar-refractivity contribution in [3.8, 4) is 0 Å².